The molecule has 1 aromatic heterocycles. The van der Waals surface area contributed by atoms with Gasteiger partial charge in [0.05, 0.1) is 22.6 Å². The van der Waals surface area contributed by atoms with E-state index in [4.69, 9.17) is 10.5 Å². The number of aromatic amines is 1. The third kappa shape index (κ3) is 4.58. The van der Waals surface area contributed by atoms with Crippen LogP contribution >= 0.6 is 11.9 Å². The molecule has 0 radical (unpaired) electrons. The Balaban J connectivity index is 1.52. The number of aliphatic hydroxyl groups is 1. The molecule has 0 atom stereocenters. The van der Waals surface area contributed by atoms with Gasteiger partial charge in [-0.1, -0.05) is 42.5 Å². The maximum Gasteiger partial charge on any atom is 0.259 e. The molecule has 31 heavy (non-hydrogen) atoms. The standard InChI is InChI=1S/C24H26N4O2S/c25-22(16-6-8-19(31-26)9-7-16)21-20(12-15-27-23(21)29)28-18-10-13-24(30,14-11-18)17-4-2-1-3-5-17/h1-9,12,15,18,25,30H,10-11,13-14,26H2,(H2,27,28,29). The first-order valence-electron chi connectivity index (χ1n) is 10.3. The number of benzene rings is 2. The van der Waals surface area contributed by atoms with Crippen LogP contribution in [0, 0.1) is 5.41 Å². The molecule has 0 saturated heterocycles. The van der Waals surface area contributed by atoms with Crippen molar-refractivity contribution >= 4 is 23.3 Å². The predicted octanol–water partition coefficient (Wildman–Crippen LogP) is 4.00. The average Bonchev–Trinajstić information content (AvgIpc) is 2.81. The normalized spacial score (nSPS) is 20.9. The monoisotopic (exact) mass is 434 g/mol. The summed E-state index contributed by atoms with van der Waals surface area (Å²) in [5.41, 5.74) is 1.61. The Kier molecular flexibility index (Phi) is 6.27. The summed E-state index contributed by atoms with van der Waals surface area (Å²) in [7, 11) is 0. The van der Waals surface area contributed by atoms with Gasteiger partial charge in [0.25, 0.3) is 5.56 Å². The van der Waals surface area contributed by atoms with Crippen molar-refractivity contribution in [1.29, 1.82) is 5.41 Å². The number of nitrogens with two attached hydrogens (primary N) is 1. The van der Waals surface area contributed by atoms with Gasteiger partial charge in [-0.15, -0.1) is 0 Å². The lowest BCUT2D eigenvalue weighted by Crippen LogP contribution is -2.37. The smallest absolute Gasteiger partial charge is 0.259 e. The van der Waals surface area contributed by atoms with E-state index in [-0.39, 0.29) is 17.3 Å². The minimum atomic E-state index is -0.814. The van der Waals surface area contributed by atoms with Gasteiger partial charge in [-0.05, 0) is 61.4 Å². The Morgan fingerprint density at radius 3 is 2.42 bits per heavy atom. The molecule has 0 bridgehead atoms. The highest BCUT2D eigenvalue weighted by Crippen LogP contribution is 2.38. The summed E-state index contributed by atoms with van der Waals surface area (Å²) in [6.45, 7) is 0. The molecular weight excluding hydrogens is 408 g/mol. The lowest BCUT2D eigenvalue weighted by Gasteiger charge is -2.37. The van der Waals surface area contributed by atoms with E-state index in [1.165, 1.54) is 0 Å². The van der Waals surface area contributed by atoms with Crippen molar-refractivity contribution in [2.45, 2.75) is 42.2 Å². The molecule has 0 unspecified atom stereocenters. The van der Waals surface area contributed by atoms with Crippen LogP contribution in [0.5, 0.6) is 0 Å². The molecule has 3 aromatic rings. The SMILES string of the molecule is N=C(c1ccc(SN)cc1)c1c(NC2CCC(O)(c3ccccc3)CC2)cc[nH]c1=O. The third-order valence-corrected chi connectivity index (χ3v) is 6.52. The molecule has 0 aliphatic heterocycles. The summed E-state index contributed by atoms with van der Waals surface area (Å²) < 4.78 is 0. The van der Waals surface area contributed by atoms with Gasteiger partial charge in [-0.2, -0.15) is 0 Å². The van der Waals surface area contributed by atoms with Crippen LogP contribution in [0.25, 0.3) is 0 Å². The molecule has 1 heterocycles. The zero-order chi connectivity index (χ0) is 21.8. The van der Waals surface area contributed by atoms with Gasteiger partial charge >= 0.3 is 0 Å². The van der Waals surface area contributed by atoms with E-state index in [9.17, 15) is 9.90 Å². The second-order valence-corrected chi connectivity index (χ2v) is 8.64. The highest BCUT2D eigenvalue weighted by molar-refractivity contribution is 7.97. The summed E-state index contributed by atoms with van der Waals surface area (Å²) >= 11 is 1.14. The van der Waals surface area contributed by atoms with Crippen LogP contribution in [-0.2, 0) is 5.60 Å². The van der Waals surface area contributed by atoms with Gasteiger partial charge in [0.15, 0.2) is 0 Å². The second-order valence-electron chi connectivity index (χ2n) is 7.93. The largest absolute Gasteiger partial charge is 0.385 e. The van der Waals surface area contributed by atoms with Crippen molar-refractivity contribution in [2.75, 3.05) is 5.32 Å². The van der Waals surface area contributed by atoms with E-state index in [2.05, 4.69) is 10.3 Å². The number of aromatic nitrogens is 1. The van der Waals surface area contributed by atoms with E-state index in [1.54, 1.807) is 24.4 Å². The zero-order valence-electron chi connectivity index (χ0n) is 17.1. The minimum Gasteiger partial charge on any atom is -0.385 e. The van der Waals surface area contributed by atoms with Crippen LogP contribution in [0.3, 0.4) is 0 Å². The van der Waals surface area contributed by atoms with Gasteiger partial charge in [0.1, 0.15) is 0 Å². The first-order chi connectivity index (χ1) is 15.0. The van der Waals surface area contributed by atoms with Crippen LogP contribution in [0.2, 0.25) is 0 Å². The Labute approximate surface area is 185 Å². The van der Waals surface area contributed by atoms with Gasteiger partial charge < -0.3 is 15.4 Å². The summed E-state index contributed by atoms with van der Waals surface area (Å²) in [4.78, 5) is 16.2. The molecule has 7 heteroatoms. The van der Waals surface area contributed by atoms with Crippen molar-refractivity contribution < 1.29 is 5.11 Å². The Bertz CT molecular complexity index is 1100. The van der Waals surface area contributed by atoms with E-state index >= 15 is 0 Å². The Morgan fingerprint density at radius 1 is 1.10 bits per heavy atom. The van der Waals surface area contributed by atoms with Gasteiger partial charge in [-0.25, -0.2) is 0 Å². The fraction of sp³-hybridized carbons (Fsp3) is 0.250. The van der Waals surface area contributed by atoms with Gasteiger partial charge in [-0.3, -0.25) is 15.3 Å². The molecule has 0 spiro atoms. The van der Waals surface area contributed by atoms with Crippen molar-refractivity contribution in [1.82, 2.24) is 4.98 Å². The topological polar surface area (TPSA) is 115 Å². The van der Waals surface area contributed by atoms with Crippen LogP contribution in [0.4, 0.5) is 5.69 Å². The Hall–Kier alpha value is -2.87. The van der Waals surface area contributed by atoms with Crippen LogP contribution < -0.4 is 16.0 Å². The predicted molar refractivity (Wildman–Crippen MR) is 126 cm³/mol. The second kappa shape index (κ2) is 9.09. The molecule has 6 N–H and O–H groups in total. The van der Waals surface area contributed by atoms with Crippen LogP contribution in [-0.4, -0.2) is 21.8 Å². The number of pyridine rings is 1. The fourth-order valence-corrected chi connectivity index (χ4v) is 4.48. The average molecular weight is 435 g/mol. The van der Waals surface area contributed by atoms with E-state index < -0.39 is 5.60 Å². The number of nitrogens with one attached hydrogen (secondary N) is 3. The van der Waals surface area contributed by atoms with Gasteiger partial charge in [0.2, 0.25) is 0 Å². The van der Waals surface area contributed by atoms with E-state index in [0.29, 0.717) is 29.7 Å². The van der Waals surface area contributed by atoms with Crippen molar-refractivity contribution in [2.24, 2.45) is 5.14 Å². The summed E-state index contributed by atoms with van der Waals surface area (Å²) in [5, 5.41) is 28.7. The van der Waals surface area contributed by atoms with Crippen molar-refractivity contribution in [3.63, 3.8) is 0 Å². The molecule has 1 fully saturated rings. The quantitative estimate of drug-likeness (QED) is 0.297. The number of rotatable bonds is 6. The molecule has 1 aliphatic rings. The van der Waals surface area contributed by atoms with Crippen LogP contribution in [0.1, 0.15) is 42.4 Å². The summed E-state index contributed by atoms with van der Waals surface area (Å²) in [6.07, 6.45) is 4.42. The molecule has 2 aromatic carbocycles. The Morgan fingerprint density at radius 2 is 1.77 bits per heavy atom. The number of H-pyrrole nitrogens is 1. The maximum absolute atomic E-state index is 12.6. The molecular formula is C24H26N4O2S. The molecule has 6 nitrogen and oxygen atoms in total. The van der Waals surface area contributed by atoms with E-state index in [1.807, 2.05) is 42.5 Å². The highest BCUT2D eigenvalue weighted by atomic mass is 32.2. The highest BCUT2D eigenvalue weighted by Gasteiger charge is 2.35. The third-order valence-electron chi connectivity index (χ3n) is 5.97. The molecule has 4 rings (SSSR count). The summed E-state index contributed by atoms with van der Waals surface area (Å²) in [5.74, 6) is 0. The van der Waals surface area contributed by atoms with E-state index in [0.717, 1.165) is 35.2 Å². The van der Waals surface area contributed by atoms with Crippen molar-refractivity contribution in [3.8, 4) is 0 Å². The lowest BCUT2D eigenvalue weighted by atomic mass is 9.77. The fourth-order valence-electron chi connectivity index (χ4n) is 4.19. The number of anilines is 1. The van der Waals surface area contributed by atoms with Gasteiger partial charge in [0, 0.05) is 22.7 Å². The molecule has 1 saturated carbocycles. The number of hydrogen-bond donors (Lipinski definition) is 5. The maximum atomic E-state index is 12.6. The first kappa shape index (κ1) is 21.4. The zero-order valence-corrected chi connectivity index (χ0v) is 17.9. The minimum absolute atomic E-state index is 0.119. The molecule has 0 amide bonds. The first-order valence-corrected chi connectivity index (χ1v) is 11.2. The molecule has 160 valence electrons. The number of hydrogen-bond acceptors (Lipinski definition) is 6. The summed E-state index contributed by atoms with van der Waals surface area (Å²) in [6, 6.07) is 19.0. The molecule has 1 aliphatic carbocycles. The lowest BCUT2D eigenvalue weighted by molar-refractivity contribution is -0.00331. The van der Waals surface area contributed by atoms with Crippen molar-refractivity contribution in [3.05, 3.63) is 93.9 Å². The van der Waals surface area contributed by atoms with Crippen LogP contribution in [0.15, 0.2) is 76.6 Å².